The van der Waals surface area contributed by atoms with Crippen molar-refractivity contribution in [2.24, 2.45) is 5.92 Å². The van der Waals surface area contributed by atoms with Crippen LogP contribution in [0.15, 0.2) is 12.1 Å². The lowest BCUT2D eigenvalue weighted by Crippen LogP contribution is -2.45. The van der Waals surface area contributed by atoms with Crippen LogP contribution in [0.3, 0.4) is 0 Å². The van der Waals surface area contributed by atoms with E-state index in [1.807, 2.05) is 0 Å². The van der Waals surface area contributed by atoms with Gasteiger partial charge in [-0.3, -0.25) is 0 Å². The van der Waals surface area contributed by atoms with Crippen molar-refractivity contribution in [3.8, 4) is 0 Å². The molecule has 2 amide bonds. The highest BCUT2D eigenvalue weighted by molar-refractivity contribution is 5.74. The minimum Gasteiger partial charge on any atom is -0.324 e. The second kappa shape index (κ2) is 6.37. The van der Waals surface area contributed by atoms with E-state index in [0.717, 1.165) is 18.9 Å². The lowest BCUT2D eigenvalue weighted by atomic mass is 10.0. The molecule has 0 radical (unpaired) electrons. The van der Waals surface area contributed by atoms with Crippen molar-refractivity contribution in [1.29, 1.82) is 0 Å². The minimum absolute atomic E-state index is 0.159. The average Bonchev–Trinajstić information content (AvgIpc) is 2.43. The Bertz CT molecular complexity index is 536. The fourth-order valence-electron chi connectivity index (χ4n) is 2.65. The molecule has 21 heavy (non-hydrogen) atoms. The molecule has 1 fully saturated rings. The van der Waals surface area contributed by atoms with Crippen LogP contribution >= 0.6 is 0 Å². The molecule has 0 bridgehead atoms. The molecule has 3 nitrogen and oxygen atoms in total. The largest absolute Gasteiger partial charge is 0.324 e. The smallest absolute Gasteiger partial charge is 0.320 e. The summed E-state index contributed by atoms with van der Waals surface area (Å²) < 4.78 is 39.9. The number of hydrogen-bond acceptors (Lipinski definition) is 1. The molecule has 1 aromatic rings. The van der Waals surface area contributed by atoms with Gasteiger partial charge in [-0.15, -0.1) is 0 Å². The number of carbonyl (C=O) groups excluding carboxylic acids is 1. The number of likely N-dealkylation sites (tertiary alicyclic amines) is 1. The van der Waals surface area contributed by atoms with Crippen LogP contribution in [0.5, 0.6) is 0 Å². The van der Waals surface area contributed by atoms with Crippen LogP contribution in [-0.2, 0) is 6.54 Å². The van der Waals surface area contributed by atoms with Crippen LogP contribution < -0.4 is 0 Å². The van der Waals surface area contributed by atoms with Gasteiger partial charge in [-0.25, -0.2) is 18.0 Å². The van der Waals surface area contributed by atoms with Crippen molar-refractivity contribution in [2.75, 3.05) is 20.1 Å². The summed E-state index contributed by atoms with van der Waals surface area (Å²) in [5, 5.41) is 0. The van der Waals surface area contributed by atoms with Gasteiger partial charge in [-0.2, -0.15) is 0 Å². The fourth-order valence-corrected chi connectivity index (χ4v) is 2.65. The number of rotatable bonds is 2. The quantitative estimate of drug-likeness (QED) is 0.768. The molecule has 0 aliphatic carbocycles. The highest BCUT2D eigenvalue weighted by atomic mass is 19.2. The van der Waals surface area contributed by atoms with Crippen LogP contribution in [-0.4, -0.2) is 36.0 Å². The molecule has 0 saturated carbocycles. The van der Waals surface area contributed by atoms with Crippen LogP contribution in [0, 0.1) is 23.4 Å². The van der Waals surface area contributed by atoms with Gasteiger partial charge in [-0.1, -0.05) is 6.92 Å². The summed E-state index contributed by atoms with van der Waals surface area (Å²) in [6.45, 7) is 3.22. The third-order valence-corrected chi connectivity index (χ3v) is 3.73. The van der Waals surface area contributed by atoms with Crippen molar-refractivity contribution >= 4 is 6.03 Å². The van der Waals surface area contributed by atoms with Gasteiger partial charge in [0.15, 0.2) is 11.6 Å². The van der Waals surface area contributed by atoms with E-state index in [-0.39, 0.29) is 18.1 Å². The van der Waals surface area contributed by atoms with Gasteiger partial charge in [0.1, 0.15) is 5.82 Å². The van der Waals surface area contributed by atoms with Crippen LogP contribution in [0.2, 0.25) is 0 Å². The number of hydrogen-bond donors (Lipinski definition) is 0. The Labute approximate surface area is 122 Å². The first-order chi connectivity index (χ1) is 9.88. The van der Waals surface area contributed by atoms with Crippen LogP contribution in [0.25, 0.3) is 0 Å². The Morgan fingerprint density at radius 1 is 1.38 bits per heavy atom. The SMILES string of the molecule is CC1CCCN(C(=O)N(C)Cc2cc(F)cc(F)c2F)C1. The number of halogens is 3. The van der Waals surface area contributed by atoms with Gasteiger partial charge in [0.2, 0.25) is 0 Å². The first kappa shape index (κ1) is 15.7. The zero-order chi connectivity index (χ0) is 15.6. The molecule has 1 heterocycles. The third kappa shape index (κ3) is 3.68. The molecule has 1 aromatic carbocycles. The van der Waals surface area contributed by atoms with Gasteiger partial charge < -0.3 is 9.80 Å². The van der Waals surface area contributed by atoms with E-state index in [0.29, 0.717) is 25.1 Å². The van der Waals surface area contributed by atoms with Crippen LogP contribution in [0.1, 0.15) is 25.3 Å². The van der Waals surface area contributed by atoms with Gasteiger partial charge >= 0.3 is 6.03 Å². The molecule has 6 heteroatoms. The Morgan fingerprint density at radius 2 is 2.10 bits per heavy atom. The highest BCUT2D eigenvalue weighted by Gasteiger charge is 2.24. The summed E-state index contributed by atoms with van der Waals surface area (Å²) in [6, 6.07) is 1.17. The molecular weight excluding hydrogens is 281 g/mol. The average molecular weight is 300 g/mol. The second-order valence-electron chi connectivity index (χ2n) is 5.69. The van der Waals surface area contributed by atoms with E-state index in [1.165, 1.54) is 11.9 Å². The van der Waals surface area contributed by atoms with E-state index in [4.69, 9.17) is 0 Å². The lowest BCUT2D eigenvalue weighted by Gasteiger charge is -2.34. The van der Waals surface area contributed by atoms with E-state index in [9.17, 15) is 18.0 Å². The van der Waals surface area contributed by atoms with Crippen molar-refractivity contribution < 1.29 is 18.0 Å². The lowest BCUT2D eigenvalue weighted by molar-refractivity contribution is 0.137. The Hall–Kier alpha value is -1.72. The summed E-state index contributed by atoms with van der Waals surface area (Å²) in [5.41, 5.74) is -0.159. The fraction of sp³-hybridized carbons (Fsp3) is 0.533. The molecule has 2 rings (SSSR count). The maximum atomic E-state index is 13.6. The minimum atomic E-state index is -1.24. The molecule has 0 spiro atoms. The molecule has 1 saturated heterocycles. The highest BCUT2D eigenvalue weighted by Crippen LogP contribution is 2.19. The second-order valence-corrected chi connectivity index (χ2v) is 5.69. The first-order valence-corrected chi connectivity index (χ1v) is 7.02. The predicted octanol–water partition coefficient (Wildman–Crippen LogP) is 3.39. The number of urea groups is 1. The topological polar surface area (TPSA) is 23.6 Å². The molecule has 1 aliphatic rings. The van der Waals surface area contributed by atoms with Gasteiger partial charge in [0.25, 0.3) is 0 Å². The zero-order valence-corrected chi connectivity index (χ0v) is 12.2. The van der Waals surface area contributed by atoms with Crippen LogP contribution in [0.4, 0.5) is 18.0 Å². The molecular formula is C15H19F3N2O. The van der Waals surface area contributed by atoms with Crippen molar-refractivity contribution in [3.05, 3.63) is 35.1 Å². The Balaban J connectivity index is 2.07. The number of nitrogens with zero attached hydrogens (tertiary/aromatic N) is 2. The predicted molar refractivity (Wildman–Crippen MR) is 73.2 cm³/mol. The first-order valence-electron chi connectivity index (χ1n) is 7.02. The van der Waals surface area contributed by atoms with E-state index in [1.54, 1.807) is 4.90 Å². The maximum Gasteiger partial charge on any atom is 0.320 e. The normalized spacial score (nSPS) is 18.7. The molecule has 1 unspecified atom stereocenters. The number of piperidine rings is 1. The summed E-state index contributed by atoms with van der Waals surface area (Å²) in [4.78, 5) is 15.3. The summed E-state index contributed by atoms with van der Waals surface area (Å²) in [6.07, 6.45) is 2.01. The Kier molecular flexibility index (Phi) is 4.75. The standard InChI is InChI=1S/C15H19F3N2O/c1-10-4-3-5-20(8-10)15(21)19(2)9-11-6-12(16)7-13(17)14(11)18/h6-7,10H,3-5,8-9H2,1-2H3. The van der Waals surface area contributed by atoms with Gasteiger partial charge in [0, 0.05) is 31.8 Å². The number of benzene rings is 1. The van der Waals surface area contributed by atoms with Gasteiger partial charge in [0.05, 0.1) is 6.54 Å². The zero-order valence-electron chi connectivity index (χ0n) is 12.2. The monoisotopic (exact) mass is 300 g/mol. The van der Waals surface area contributed by atoms with Crippen molar-refractivity contribution in [3.63, 3.8) is 0 Å². The third-order valence-electron chi connectivity index (χ3n) is 3.73. The maximum absolute atomic E-state index is 13.6. The van der Waals surface area contributed by atoms with E-state index >= 15 is 0 Å². The molecule has 1 aliphatic heterocycles. The van der Waals surface area contributed by atoms with Crippen molar-refractivity contribution in [1.82, 2.24) is 9.80 Å². The summed E-state index contributed by atoms with van der Waals surface area (Å²) >= 11 is 0. The molecule has 116 valence electrons. The summed E-state index contributed by atoms with van der Waals surface area (Å²) in [5.74, 6) is -2.77. The van der Waals surface area contributed by atoms with Crippen molar-refractivity contribution in [2.45, 2.75) is 26.3 Å². The van der Waals surface area contributed by atoms with E-state index < -0.39 is 17.5 Å². The molecule has 0 aromatic heterocycles. The summed E-state index contributed by atoms with van der Waals surface area (Å²) in [7, 11) is 1.50. The Morgan fingerprint density at radius 3 is 2.76 bits per heavy atom. The molecule has 1 atom stereocenters. The number of carbonyl (C=O) groups is 1. The van der Waals surface area contributed by atoms with E-state index in [2.05, 4.69) is 6.92 Å². The number of amides is 2. The van der Waals surface area contributed by atoms with Gasteiger partial charge in [-0.05, 0) is 24.8 Å². The molecule has 0 N–H and O–H groups in total.